The van der Waals surface area contributed by atoms with Gasteiger partial charge in [-0.25, -0.2) is 0 Å². The maximum Gasteiger partial charge on any atom is 0.261 e. The number of ether oxygens (including phenoxy) is 4. The van der Waals surface area contributed by atoms with Gasteiger partial charge in [0.25, 0.3) is 5.91 Å². The minimum absolute atomic E-state index is 0.0552. The Kier molecular flexibility index (Phi) is 6.82. The van der Waals surface area contributed by atoms with Crippen LogP contribution >= 0.6 is 0 Å². The third-order valence-corrected chi connectivity index (χ3v) is 5.33. The Bertz CT molecular complexity index is 825. The van der Waals surface area contributed by atoms with Gasteiger partial charge in [0.05, 0.1) is 54.6 Å². The molecule has 0 aliphatic carbocycles. The van der Waals surface area contributed by atoms with Crippen LogP contribution in [0.3, 0.4) is 0 Å². The van der Waals surface area contributed by atoms with Crippen molar-refractivity contribution in [1.29, 1.82) is 0 Å². The fourth-order valence-electron chi connectivity index (χ4n) is 3.69. The van der Waals surface area contributed by atoms with Crippen LogP contribution in [0.5, 0.6) is 23.0 Å². The lowest BCUT2D eigenvalue weighted by Crippen LogP contribution is -3.13. The normalized spacial score (nSPS) is 14.4. The molecule has 1 saturated heterocycles. The average molecular weight is 401 g/mol. The first-order valence-electron chi connectivity index (χ1n) is 9.66. The third-order valence-electron chi connectivity index (χ3n) is 5.33. The van der Waals surface area contributed by atoms with Crippen molar-refractivity contribution in [3.05, 3.63) is 47.5 Å². The van der Waals surface area contributed by atoms with Gasteiger partial charge in [-0.15, -0.1) is 0 Å². The minimum atomic E-state index is -0.0552. The van der Waals surface area contributed by atoms with Gasteiger partial charge in [0.15, 0.2) is 0 Å². The van der Waals surface area contributed by atoms with E-state index in [1.807, 2.05) is 29.2 Å². The molecule has 29 heavy (non-hydrogen) atoms. The van der Waals surface area contributed by atoms with Crippen LogP contribution in [0.2, 0.25) is 0 Å². The number of rotatable bonds is 7. The second-order valence-electron chi connectivity index (χ2n) is 6.93. The second-order valence-corrected chi connectivity index (χ2v) is 6.93. The van der Waals surface area contributed by atoms with Crippen molar-refractivity contribution in [3.63, 3.8) is 0 Å². The first-order chi connectivity index (χ1) is 14.1. The van der Waals surface area contributed by atoms with E-state index < -0.39 is 0 Å². The Hall–Kier alpha value is -2.93. The van der Waals surface area contributed by atoms with Crippen LogP contribution in [0.25, 0.3) is 0 Å². The van der Waals surface area contributed by atoms with Crippen molar-refractivity contribution in [2.24, 2.45) is 0 Å². The van der Waals surface area contributed by atoms with Crippen molar-refractivity contribution >= 4 is 5.91 Å². The highest BCUT2D eigenvalue weighted by molar-refractivity contribution is 5.99. The number of nitrogens with one attached hydrogen (secondary N) is 1. The predicted octanol–water partition coefficient (Wildman–Crippen LogP) is 1.26. The van der Waals surface area contributed by atoms with Crippen LogP contribution in [0.4, 0.5) is 0 Å². The summed E-state index contributed by atoms with van der Waals surface area (Å²) < 4.78 is 21.6. The molecule has 1 fully saturated rings. The SMILES string of the molecule is COc1ccc(C[NH+]2CCN(C(=O)c3c(OC)cccc3OC)CC2)c(OC)c1. The van der Waals surface area contributed by atoms with Crippen LogP contribution in [-0.2, 0) is 6.54 Å². The smallest absolute Gasteiger partial charge is 0.261 e. The summed E-state index contributed by atoms with van der Waals surface area (Å²) in [6.07, 6.45) is 0. The molecule has 0 atom stereocenters. The molecule has 1 amide bonds. The molecule has 0 aromatic heterocycles. The summed E-state index contributed by atoms with van der Waals surface area (Å²) in [6.45, 7) is 3.91. The number of carbonyl (C=O) groups excluding carboxylic acids is 1. The second kappa shape index (κ2) is 9.52. The lowest BCUT2D eigenvalue weighted by Gasteiger charge is -2.33. The molecular formula is C22H29N2O5+. The van der Waals surface area contributed by atoms with E-state index in [1.165, 1.54) is 4.90 Å². The summed E-state index contributed by atoms with van der Waals surface area (Å²) in [7, 11) is 6.45. The van der Waals surface area contributed by atoms with Crippen LogP contribution in [-0.4, -0.2) is 65.4 Å². The lowest BCUT2D eigenvalue weighted by atomic mass is 10.1. The van der Waals surface area contributed by atoms with Gasteiger partial charge in [0.2, 0.25) is 0 Å². The Balaban J connectivity index is 1.66. The Labute approximate surface area is 171 Å². The monoisotopic (exact) mass is 401 g/mol. The highest BCUT2D eigenvalue weighted by atomic mass is 16.5. The van der Waals surface area contributed by atoms with E-state index in [1.54, 1.807) is 40.6 Å². The molecule has 2 aromatic rings. The van der Waals surface area contributed by atoms with Crippen LogP contribution in [0.1, 0.15) is 15.9 Å². The number of nitrogens with zero attached hydrogens (tertiary/aromatic N) is 1. The summed E-state index contributed by atoms with van der Waals surface area (Å²) in [5.74, 6) is 2.62. The van der Waals surface area contributed by atoms with Crippen molar-refractivity contribution < 1.29 is 28.6 Å². The van der Waals surface area contributed by atoms with Crippen molar-refractivity contribution in [1.82, 2.24) is 4.90 Å². The molecule has 1 N–H and O–H groups in total. The van der Waals surface area contributed by atoms with E-state index in [2.05, 4.69) is 0 Å². The van der Waals surface area contributed by atoms with Crippen LogP contribution < -0.4 is 23.8 Å². The molecule has 1 aliphatic rings. The van der Waals surface area contributed by atoms with Crippen molar-refractivity contribution in [2.75, 3.05) is 54.6 Å². The predicted molar refractivity (Wildman–Crippen MR) is 109 cm³/mol. The van der Waals surface area contributed by atoms with Crippen molar-refractivity contribution in [3.8, 4) is 23.0 Å². The number of benzene rings is 2. The van der Waals surface area contributed by atoms with E-state index in [0.29, 0.717) is 30.2 Å². The molecule has 0 unspecified atom stereocenters. The number of amides is 1. The lowest BCUT2D eigenvalue weighted by molar-refractivity contribution is -0.917. The highest BCUT2D eigenvalue weighted by Gasteiger charge is 2.29. The zero-order chi connectivity index (χ0) is 20.8. The number of piperazine rings is 1. The maximum atomic E-state index is 13.1. The molecule has 0 bridgehead atoms. The van der Waals surface area contributed by atoms with Crippen LogP contribution in [0, 0.1) is 0 Å². The number of quaternary nitrogens is 1. The van der Waals surface area contributed by atoms with E-state index in [4.69, 9.17) is 18.9 Å². The first kappa shape index (κ1) is 20.8. The zero-order valence-electron chi connectivity index (χ0n) is 17.5. The minimum Gasteiger partial charge on any atom is -0.497 e. The van der Waals surface area contributed by atoms with Gasteiger partial charge in [0, 0.05) is 11.6 Å². The van der Waals surface area contributed by atoms with Gasteiger partial charge in [0.1, 0.15) is 35.1 Å². The standard InChI is InChI=1S/C22H28N2O5/c1-26-17-9-8-16(20(14-17)29-4)15-23-10-12-24(13-11-23)22(25)21-18(27-2)6-5-7-19(21)28-3/h5-9,14H,10-13,15H2,1-4H3/p+1. The average Bonchev–Trinajstić information content (AvgIpc) is 2.78. The fourth-order valence-corrected chi connectivity index (χ4v) is 3.69. The van der Waals surface area contributed by atoms with Gasteiger partial charge in [-0.1, -0.05) is 6.07 Å². The molecule has 1 aliphatic heterocycles. The molecule has 2 aromatic carbocycles. The van der Waals surface area contributed by atoms with Gasteiger partial charge < -0.3 is 28.7 Å². The van der Waals surface area contributed by atoms with Gasteiger partial charge in [-0.05, 0) is 24.3 Å². The van der Waals surface area contributed by atoms with E-state index >= 15 is 0 Å². The number of carbonyl (C=O) groups is 1. The van der Waals surface area contributed by atoms with Gasteiger partial charge in [-0.3, -0.25) is 4.79 Å². The molecule has 0 spiro atoms. The molecule has 1 heterocycles. The highest BCUT2D eigenvalue weighted by Crippen LogP contribution is 2.29. The van der Waals surface area contributed by atoms with E-state index in [-0.39, 0.29) is 5.91 Å². The molecule has 0 saturated carbocycles. The summed E-state index contributed by atoms with van der Waals surface area (Å²) in [5.41, 5.74) is 1.62. The van der Waals surface area contributed by atoms with E-state index in [0.717, 1.165) is 36.7 Å². The number of hydrogen-bond acceptors (Lipinski definition) is 5. The Morgan fingerprint density at radius 3 is 2.07 bits per heavy atom. The van der Waals surface area contributed by atoms with Crippen molar-refractivity contribution in [2.45, 2.75) is 6.54 Å². The summed E-state index contributed by atoms with van der Waals surface area (Å²) in [4.78, 5) is 16.4. The number of methoxy groups -OCH3 is 4. The summed E-state index contributed by atoms with van der Waals surface area (Å²) in [6, 6.07) is 11.3. The Morgan fingerprint density at radius 1 is 0.897 bits per heavy atom. The number of hydrogen-bond donors (Lipinski definition) is 1. The zero-order valence-corrected chi connectivity index (χ0v) is 17.5. The van der Waals surface area contributed by atoms with Crippen LogP contribution in [0.15, 0.2) is 36.4 Å². The third kappa shape index (κ3) is 4.56. The molecule has 0 radical (unpaired) electrons. The molecule has 156 valence electrons. The largest absolute Gasteiger partial charge is 0.497 e. The van der Waals surface area contributed by atoms with Gasteiger partial charge >= 0.3 is 0 Å². The van der Waals surface area contributed by atoms with Gasteiger partial charge in [-0.2, -0.15) is 0 Å². The summed E-state index contributed by atoms with van der Waals surface area (Å²) in [5, 5.41) is 0. The topological polar surface area (TPSA) is 61.7 Å². The maximum absolute atomic E-state index is 13.1. The molecule has 7 nitrogen and oxygen atoms in total. The quantitative estimate of drug-likeness (QED) is 0.757. The molecule has 7 heteroatoms. The molecular weight excluding hydrogens is 372 g/mol. The Morgan fingerprint density at radius 2 is 1.52 bits per heavy atom. The first-order valence-corrected chi connectivity index (χ1v) is 9.66. The molecule has 3 rings (SSSR count). The summed E-state index contributed by atoms with van der Waals surface area (Å²) >= 11 is 0. The van der Waals surface area contributed by atoms with E-state index in [9.17, 15) is 4.79 Å². The fraction of sp³-hybridized carbons (Fsp3) is 0.409.